The molecule has 0 aliphatic rings. The molecule has 2 nitrogen and oxygen atoms in total. The highest BCUT2D eigenvalue weighted by atomic mass is 16.5. The van der Waals surface area contributed by atoms with Crippen molar-refractivity contribution in [1.29, 1.82) is 0 Å². The molecule has 0 saturated carbocycles. The molecular formula is C12H22O2. The van der Waals surface area contributed by atoms with Crippen molar-refractivity contribution in [2.45, 2.75) is 40.0 Å². The van der Waals surface area contributed by atoms with E-state index in [-0.39, 0.29) is 11.9 Å². The van der Waals surface area contributed by atoms with Crippen molar-refractivity contribution in [2.24, 2.45) is 11.8 Å². The largest absolute Gasteiger partial charge is 0.469 e. The fourth-order valence-electron chi connectivity index (χ4n) is 1.24. The molecule has 0 fully saturated rings. The summed E-state index contributed by atoms with van der Waals surface area (Å²) in [5, 5.41) is 0. The molecule has 0 rings (SSSR count). The lowest BCUT2D eigenvalue weighted by atomic mass is 10.0. The van der Waals surface area contributed by atoms with Crippen LogP contribution in [0.5, 0.6) is 0 Å². The van der Waals surface area contributed by atoms with Crippen molar-refractivity contribution in [3.05, 3.63) is 12.2 Å². The number of hydrogen-bond acceptors (Lipinski definition) is 2. The van der Waals surface area contributed by atoms with Crippen LogP contribution in [0.15, 0.2) is 12.2 Å². The Balaban J connectivity index is 3.84. The maximum atomic E-state index is 11.1. The van der Waals surface area contributed by atoms with Gasteiger partial charge in [0.15, 0.2) is 0 Å². The third-order valence-corrected chi connectivity index (χ3v) is 2.31. The van der Waals surface area contributed by atoms with Gasteiger partial charge in [-0.3, -0.25) is 4.79 Å². The lowest BCUT2D eigenvalue weighted by Crippen LogP contribution is -2.10. The van der Waals surface area contributed by atoms with Gasteiger partial charge in [-0.25, -0.2) is 0 Å². The molecule has 0 aromatic rings. The first kappa shape index (κ1) is 13.2. The zero-order valence-electron chi connectivity index (χ0n) is 9.75. The van der Waals surface area contributed by atoms with Crippen molar-refractivity contribution >= 4 is 5.97 Å². The number of carbonyl (C=O) groups is 1. The van der Waals surface area contributed by atoms with Gasteiger partial charge < -0.3 is 4.74 Å². The Morgan fingerprint density at radius 3 is 2.50 bits per heavy atom. The van der Waals surface area contributed by atoms with E-state index < -0.39 is 0 Å². The van der Waals surface area contributed by atoms with E-state index in [1.54, 1.807) is 0 Å². The minimum Gasteiger partial charge on any atom is -0.469 e. The van der Waals surface area contributed by atoms with Crippen LogP contribution in [0.4, 0.5) is 0 Å². The van der Waals surface area contributed by atoms with Crippen LogP contribution in [0.25, 0.3) is 0 Å². The monoisotopic (exact) mass is 198 g/mol. The van der Waals surface area contributed by atoms with Crippen molar-refractivity contribution in [3.63, 3.8) is 0 Å². The zero-order valence-corrected chi connectivity index (χ0v) is 9.75. The van der Waals surface area contributed by atoms with Crippen LogP contribution in [0.3, 0.4) is 0 Å². The smallest absolute Gasteiger partial charge is 0.312 e. The summed E-state index contributed by atoms with van der Waals surface area (Å²) in [6.07, 6.45) is 7.72. The third kappa shape index (κ3) is 5.79. The number of esters is 1. The van der Waals surface area contributed by atoms with Crippen LogP contribution in [0.2, 0.25) is 0 Å². The molecule has 0 amide bonds. The molecule has 0 bridgehead atoms. The summed E-state index contributed by atoms with van der Waals surface area (Å²) in [7, 11) is 1.42. The Kier molecular flexibility index (Phi) is 7.17. The van der Waals surface area contributed by atoms with Gasteiger partial charge in [-0.1, -0.05) is 38.8 Å². The highest BCUT2D eigenvalue weighted by molar-refractivity contribution is 5.73. The SMILES string of the molecule is CCCCC(C)/C=C\C(C)C(=O)OC. The highest BCUT2D eigenvalue weighted by Crippen LogP contribution is 2.11. The van der Waals surface area contributed by atoms with Gasteiger partial charge in [0.2, 0.25) is 0 Å². The van der Waals surface area contributed by atoms with Crippen LogP contribution >= 0.6 is 0 Å². The van der Waals surface area contributed by atoms with E-state index in [0.29, 0.717) is 5.92 Å². The quantitative estimate of drug-likeness (QED) is 0.484. The van der Waals surface area contributed by atoms with Crippen molar-refractivity contribution in [3.8, 4) is 0 Å². The van der Waals surface area contributed by atoms with E-state index in [4.69, 9.17) is 0 Å². The molecule has 0 spiro atoms. The average molecular weight is 198 g/mol. The number of hydrogen-bond donors (Lipinski definition) is 0. The fraction of sp³-hybridized carbons (Fsp3) is 0.750. The van der Waals surface area contributed by atoms with Gasteiger partial charge in [-0.2, -0.15) is 0 Å². The Morgan fingerprint density at radius 2 is 2.00 bits per heavy atom. The van der Waals surface area contributed by atoms with E-state index in [1.165, 1.54) is 26.4 Å². The molecule has 0 N–H and O–H groups in total. The standard InChI is InChI=1S/C12H22O2/c1-5-6-7-10(2)8-9-11(3)12(13)14-4/h8-11H,5-7H2,1-4H3/b9-8-. The molecule has 82 valence electrons. The summed E-state index contributed by atoms with van der Waals surface area (Å²) in [6, 6.07) is 0. The molecule has 0 aromatic heterocycles. The van der Waals surface area contributed by atoms with Crippen molar-refractivity contribution in [1.82, 2.24) is 0 Å². The summed E-state index contributed by atoms with van der Waals surface area (Å²) in [4.78, 5) is 11.1. The maximum absolute atomic E-state index is 11.1. The van der Waals surface area contributed by atoms with Gasteiger partial charge in [0.1, 0.15) is 0 Å². The van der Waals surface area contributed by atoms with Crippen LogP contribution in [-0.2, 0) is 9.53 Å². The Hall–Kier alpha value is -0.790. The first-order valence-corrected chi connectivity index (χ1v) is 5.38. The normalized spacial score (nSPS) is 15.4. The summed E-state index contributed by atoms with van der Waals surface area (Å²) in [5.74, 6) is 0.273. The van der Waals surface area contributed by atoms with Crippen LogP contribution < -0.4 is 0 Å². The van der Waals surface area contributed by atoms with Gasteiger partial charge >= 0.3 is 5.97 Å². The van der Waals surface area contributed by atoms with Crippen LogP contribution in [-0.4, -0.2) is 13.1 Å². The predicted molar refractivity (Wildman–Crippen MR) is 59.0 cm³/mol. The Bertz CT molecular complexity index is 185. The first-order valence-electron chi connectivity index (χ1n) is 5.38. The summed E-state index contributed by atoms with van der Waals surface area (Å²) < 4.78 is 4.64. The number of carbonyl (C=O) groups excluding carboxylic acids is 1. The third-order valence-electron chi connectivity index (χ3n) is 2.31. The average Bonchev–Trinajstić information content (AvgIpc) is 2.21. The van der Waals surface area contributed by atoms with Crippen LogP contribution in [0, 0.1) is 11.8 Å². The molecule has 0 aliphatic carbocycles. The predicted octanol–water partition coefficient (Wildman–Crippen LogP) is 3.18. The molecule has 2 atom stereocenters. The Morgan fingerprint density at radius 1 is 1.36 bits per heavy atom. The molecule has 0 saturated heterocycles. The second-order valence-corrected chi connectivity index (χ2v) is 3.82. The van der Waals surface area contributed by atoms with Gasteiger partial charge in [0, 0.05) is 0 Å². The number of rotatable bonds is 6. The van der Waals surface area contributed by atoms with Gasteiger partial charge in [0.25, 0.3) is 0 Å². The summed E-state index contributed by atoms with van der Waals surface area (Å²) in [5.41, 5.74) is 0. The minimum atomic E-state index is -0.163. The van der Waals surface area contributed by atoms with E-state index >= 15 is 0 Å². The molecule has 14 heavy (non-hydrogen) atoms. The summed E-state index contributed by atoms with van der Waals surface area (Å²) in [6.45, 7) is 6.22. The van der Waals surface area contributed by atoms with Gasteiger partial charge in [-0.05, 0) is 19.3 Å². The Labute approximate surface area is 87.3 Å². The van der Waals surface area contributed by atoms with Crippen LogP contribution in [0.1, 0.15) is 40.0 Å². The summed E-state index contributed by atoms with van der Waals surface area (Å²) >= 11 is 0. The second kappa shape index (κ2) is 7.60. The number of methoxy groups -OCH3 is 1. The number of ether oxygens (including phenoxy) is 1. The maximum Gasteiger partial charge on any atom is 0.312 e. The highest BCUT2D eigenvalue weighted by Gasteiger charge is 2.08. The second-order valence-electron chi connectivity index (χ2n) is 3.82. The first-order chi connectivity index (χ1) is 6.61. The molecule has 2 heteroatoms. The lowest BCUT2D eigenvalue weighted by molar-refractivity contribution is -0.143. The van der Waals surface area contributed by atoms with E-state index in [1.807, 2.05) is 13.0 Å². The lowest BCUT2D eigenvalue weighted by Gasteiger charge is -2.06. The fourth-order valence-corrected chi connectivity index (χ4v) is 1.24. The topological polar surface area (TPSA) is 26.3 Å². The number of allylic oxidation sites excluding steroid dienone is 1. The van der Waals surface area contributed by atoms with E-state index in [2.05, 4.69) is 24.7 Å². The van der Waals surface area contributed by atoms with Gasteiger partial charge in [0.05, 0.1) is 13.0 Å². The van der Waals surface area contributed by atoms with Crippen molar-refractivity contribution in [2.75, 3.05) is 7.11 Å². The zero-order chi connectivity index (χ0) is 11.0. The van der Waals surface area contributed by atoms with E-state index in [0.717, 1.165) is 0 Å². The molecule has 0 radical (unpaired) electrons. The van der Waals surface area contributed by atoms with E-state index in [9.17, 15) is 4.79 Å². The minimum absolute atomic E-state index is 0.121. The molecule has 2 unspecified atom stereocenters. The molecule has 0 aromatic carbocycles. The molecule has 0 aliphatic heterocycles. The number of unbranched alkanes of at least 4 members (excludes halogenated alkanes) is 1. The van der Waals surface area contributed by atoms with Gasteiger partial charge in [-0.15, -0.1) is 0 Å². The molecule has 0 heterocycles. The molecular weight excluding hydrogens is 176 g/mol. The van der Waals surface area contributed by atoms with Crippen molar-refractivity contribution < 1.29 is 9.53 Å².